The molecule has 0 unspecified atom stereocenters. The quantitative estimate of drug-likeness (QED) is 0.683. The zero-order valence-corrected chi connectivity index (χ0v) is 9.55. The number of nitrogens with two attached hydrogens (primary N) is 1. The lowest BCUT2D eigenvalue weighted by Gasteiger charge is -2.17. The number of hydrogen-bond acceptors (Lipinski definition) is 4. The van der Waals surface area contributed by atoms with Crippen LogP contribution in [0.3, 0.4) is 0 Å². The van der Waals surface area contributed by atoms with Gasteiger partial charge < -0.3 is 19.8 Å². The zero-order valence-electron chi connectivity index (χ0n) is 9.55. The van der Waals surface area contributed by atoms with Gasteiger partial charge in [0, 0.05) is 25.6 Å². The van der Waals surface area contributed by atoms with Crippen LogP contribution in [0.1, 0.15) is 24.5 Å². The van der Waals surface area contributed by atoms with Crippen LogP contribution in [0.15, 0.2) is 12.4 Å². The smallest absolute Gasteiger partial charge is 0.284 e. The molecule has 0 aliphatic rings. The van der Waals surface area contributed by atoms with E-state index >= 15 is 0 Å². The molecule has 0 fully saturated rings. The van der Waals surface area contributed by atoms with Crippen LogP contribution < -0.4 is 5.73 Å². The summed E-state index contributed by atoms with van der Waals surface area (Å²) in [5.74, 6) is -0.346. The monoisotopic (exact) mass is 227 g/mol. The highest BCUT2D eigenvalue weighted by Crippen LogP contribution is 2.03. The minimum Gasteiger partial charge on any atom is -0.363 e. The first-order valence-electron chi connectivity index (χ1n) is 5.23. The van der Waals surface area contributed by atoms with Gasteiger partial charge in [-0.1, -0.05) is 0 Å². The number of amides is 1. The second kappa shape index (κ2) is 6.24. The second-order valence-electron chi connectivity index (χ2n) is 3.11. The Balaban J connectivity index is 2.68. The van der Waals surface area contributed by atoms with Crippen LogP contribution in [-0.2, 0) is 16.0 Å². The van der Waals surface area contributed by atoms with E-state index in [-0.39, 0.29) is 12.1 Å². The summed E-state index contributed by atoms with van der Waals surface area (Å²) in [6, 6.07) is 0. The van der Waals surface area contributed by atoms with Gasteiger partial charge in [0.15, 0.2) is 12.1 Å². The van der Waals surface area contributed by atoms with Crippen molar-refractivity contribution in [3.05, 3.63) is 18.2 Å². The van der Waals surface area contributed by atoms with Crippen molar-refractivity contribution in [1.29, 1.82) is 0 Å². The Hall–Kier alpha value is -1.40. The van der Waals surface area contributed by atoms with Gasteiger partial charge in [0.1, 0.15) is 0 Å². The van der Waals surface area contributed by atoms with Crippen molar-refractivity contribution in [2.45, 2.75) is 26.7 Å². The summed E-state index contributed by atoms with van der Waals surface area (Å²) in [6.45, 7) is 5.26. The summed E-state index contributed by atoms with van der Waals surface area (Å²) < 4.78 is 12.4. The van der Waals surface area contributed by atoms with Gasteiger partial charge >= 0.3 is 0 Å². The maximum Gasteiger partial charge on any atom is 0.284 e. The Morgan fingerprint density at radius 2 is 2.12 bits per heavy atom. The van der Waals surface area contributed by atoms with Crippen LogP contribution in [0.5, 0.6) is 0 Å². The molecule has 1 rings (SSSR count). The fourth-order valence-electron chi connectivity index (χ4n) is 1.37. The van der Waals surface area contributed by atoms with E-state index in [1.165, 1.54) is 6.20 Å². The van der Waals surface area contributed by atoms with Gasteiger partial charge in [0.05, 0.1) is 6.54 Å². The topological polar surface area (TPSA) is 79.4 Å². The lowest BCUT2D eigenvalue weighted by Crippen LogP contribution is -2.27. The van der Waals surface area contributed by atoms with Gasteiger partial charge in [-0.25, -0.2) is 4.98 Å². The Morgan fingerprint density at radius 1 is 1.50 bits per heavy atom. The molecule has 0 spiro atoms. The zero-order chi connectivity index (χ0) is 12.0. The van der Waals surface area contributed by atoms with Crippen molar-refractivity contribution in [2.24, 2.45) is 5.73 Å². The molecule has 0 radical (unpaired) electrons. The summed E-state index contributed by atoms with van der Waals surface area (Å²) in [6.07, 6.45) is 2.81. The van der Waals surface area contributed by atoms with Gasteiger partial charge in [-0.2, -0.15) is 0 Å². The van der Waals surface area contributed by atoms with E-state index in [0.717, 1.165) is 0 Å². The molecule has 6 nitrogen and oxygen atoms in total. The molecule has 0 aliphatic carbocycles. The Labute approximate surface area is 94.4 Å². The minimum atomic E-state index is -0.559. The molecule has 0 bridgehead atoms. The molecular formula is C10H17N3O3. The van der Waals surface area contributed by atoms with Gasteiger partial charge in [-0.05, 0) is 13.8 Å². The second-order valence-corrected chi connectivity index (χ2v) is 3.11. The maximum absolute atomic E-state index is 11.0. The SMILES string of the molecule is CCOC(Cn1ccnc1C(N)=O)OCC. The molecule has 1 aromatic heterocycles. The summed E-state index contributed by atoms with van der Waals surface area (Å²) in [5.41, 5.74) is 5.18. The first-order chi connectivity index (χ1) is 7.69. The summed E-state index contributed by atoms with van der Waals surface area (Å²) in [4.78, 5) is 14.9. The van der Waals surface area contributed by atoms with Crippen molar-refractivity contribution in [2.75, 3.05) is 13.2 Å². The van der Waals surface area contributed by atoms with E-state index in [0.29, 0.717) is 19.8 Å². The lowest BCUT2D eigenvalue weighted by molar-refractivity contribution is -0.143. The fraction of sp³-hybridized carbons (Fsp3) is 0.600. The van der Waals surface area contributed by atoms with E-state index in [1.807, 2.05) is 13.8 Å². The van der Waals surface area contributed by atoms with Crippen molar-refractivity contribution < 1.29 is 14.3 Å². The molecule has 0 aliphatic heterocycles. The average Bonchev–Trinajstić information content (AvgIpc) is 2.66. The normalized spacial score (nSPS) is 10.9. The van der Waals surface area contributed by atoms with Gasteiger partial charge in [0.25, 0.3) is 5.91 Å². The minimum absolute atomic E-state index is 0.212. The number of imidazole rings is 1. The molecule has 6 heteroatoms. The first kappa shape index (κ1) is 12.7. The molecule has 0 saturated carbocycles. The predicted molar refractivity (Wildman–Crippen MR) is 57.8 cm³/mol. The molecule has 0 atom stereocenters. The van der Waals surface area contributed by atoms with E-state index in [9.17, 15) is 4.79 Å². The summed E-state index contributed by atoms with van der Waals surface area (Å²) >= 11 is 0. The van der Waals surface area contributed by atoms with E-state index in [1.54, 1.807) is 10.8 Å². The van der Waals surface area contributed by atoms with Crippen LogP contribution in [0.2, 0.25) is 0 Å². The largest absolute Gasteiger partial charge is 0.363 e. The number of primary amides is 1. The molecular weight excluding hydrogens is 210 g/mol. The molecule has 0 saturated heterocycles. The summed E-state index contributed by atoms with van der Waals surface area (Å²) in [5, 5.41) is 0. The highest BCUT2D eigenvalue weighted by Gasteiger charge is 2.14. The molecule has 0 aromatic carbocycles. The number of aromatic nitrogens is 2. The number of ether oxygens (including phenoxy) is 2. The van der Waals surface area contributed by atoms with Crippen LogP contribution in [-0.4, -0.2) is 35.0 Å². The Bertz CT molecular complexity index is 332. The fourth-order valence-corrected chi connectivity index (χ4v) is 1.37. The molecule has 1 heterocycles. The highest BCUT2D eigenvalue weighted by atomic mass is 16.7. The molecule has 1 aromatic rings. The molecule has 2 N–H and O–H groups in total. The van der Waals surface area contributed by atoms with Crippen LogP contribution >= 0.6 is 0 Å². The third kappa shape index (κ3) is 3.32. The molecule has 1 amide bonds. The van der Waals surface area contributed by atoms with E-state index in [2.05, 4.69) is 4.98 Å². The van der Waals surface area contributed by atoms with Crippen molar-refractivity contribution in [3.8, 4) is 0 Å². The van der Waals surface area contributed by atoms with E-state index in [4.69, 9.17) is 15.2 Å². The number of carbonyl (C=O) groups excluding carboxylic acids is 1. The van der Waals surface area contributed by atoms with E-state index < -0.39 is 5.91 Å². The molecule has 16 heavy (non-hydrogen) atoms. The van der Waals surface area contributed by atoms with Crippen molar-refractivity contribution in [3.63, 3.8) is 0 Å². The maximum atomic E-state index is 11.0. The van der Waals surface area contributed by atoms with Gasteiger partial charge in [0.2, 0.25) is 0 Å². The number of carbonyl (C=O) groups is 1. The van der Waals surface area contributed by atoms with Crippen molar-refractivity contribution in [1.82, 2.24) is 9.55 Å². The van der Waals surface area contributed by atoms with Crippen LogP contribution in [0.25, 0.3) is 0 Å². The number of rotatable bonds is 7. The molecule has 90 valence electrons. The third-order valence-corrected chi connectivity index (χ3v) is 1.99. The summed E-state index contributed by atoms with van der Waals surface area (Å²) in [7, 11) is 0. The first-order valence-corrected chi connectivity index (χ1v) is 5.23. The number of nitrogens with zero attached hydrogens (tertiary/aromatic N) is 2. The van der Waals surface area contributed by atoms with Gasteiger partial charge in [-0.3, -0.25) is 4.79 Å². The van der Waals surface area contributed by atoms with Crippen molar-refractivity contribution >= 4 is 5.91 Å². The van der Waals surface area contributed by atoms with Crippen LogP contribution in [0, 0.1) is 0 Å². The average molecular weight is 227 g/mol. The van der Waals surface area contributed by atoms with Gasteiger partial charge in [-0.15, -0.1) is 0 Å². The standard InChI is InChI=1S/C10H17N3O3/c1-3-15-8(16-4-2)7-13-6-5-12-10(13)9(11)14/h5-6,8H,3-4,7H2,1-2H3,(H2,11,14). The number of hydrogen-bond donors (Lipinski definition) is 1. The highest BCUT2D eigenvalue weighted by molar-refractivity contribution is 5.89. The Kier molecular flexibility index (Phi) is 4.94. The van der Waals surface area contributed by atoms with Crippen LogP contribution in [0.4, 0.5) is 0 Å². The third-order valence-electron chi connectivity index (χ3n) is 1.99. The predicted octanol–water partition coefficient (Wildman–Crippen LogP) is 0.381. The Morgan fingerprint density at radius 3 is 2.62 bits per heavy atom. The lowest BCUT2D eigenvalue weighted by atomic mass is 10.5.